The van der Waals surface area contributed by atoms with Crippen LogP contribution in [0.15, 0.2) is 52.6 Å². The molecule has 0 atom stereocenters. The number of ketones is 1. The smallest absolute Gasteiger partial charge is 0.277 e. The van der Waals surface area contributed by atoms with E-state index in [2.05, 4.69) is 4.99 Å². The summed E-state index contributed by atoms with van der Waals surface area (Å²) in [6, 6.07) is 7.26. The molecule has 1 aliphatic rings. The fraction of sp³-hybridized carbons (Fsp3) is 0.188. The highest BCUT2D eigenvalue weighted by molar-refractivity contribution is 6.24. The Hall–Kier alpha value is -2.29. The third-order valence-corrected chi connectivity index (χ3v) is 3.01. The van der Waals surface area contributed by atoms with Gasteiger partial charge < -0.3 is 0 Å². The van der Waals surface area contributed by atoms with Gasteiger partial charge in [-0.3, -0.25) is 9.59 Å². The summed E-state index contributed by atoms with van der Waals surface area (Å²) in [5.41, 5.74) is 3.52. The summed E-state index contributed by atoms with van der Waals surface area (Å²) < 4.78 is 0. The highest BCUT2D eigenvalue weighted by atomic mass is 16.1. The van der Waals surface area contributed by atoms with Crippen LogP contribution in [0, 0.1) is 6.92 Å². The van der Waals surface area contributed by atoms with E-state index in [1.807, 2.05) is 19.1 Å². The van der Waals surface area contributed by atoms with Crippen LogP contribution >= 0.6 is 0 Å². The lowest BCUT2D eigenvalue weighted by Gasteiger charge is -2.09. The molecule has 3 nitrogen and oxygen atoms in total. The zero-order valence-electron chi connectivity index (χ0n) is 11.2. The molecule has 19 heavy (non-hydrogen) atoms. The Morgan fingerprint density at radius 1 is 0.947 bits per heavy atom. The number of carbonyl (C=O) groups is 2. The van der Waals surface area contributed by atoms with Gasteiger partial charge in [0.15, 0.2) is 5.78 Å². The maximum absolute atomic E-state index is 12.0. The van der Waals surface area contributed by atoms with E-state index in [1.165, 1.54) is 6.08 Å². The molecule has 1 aromatic carbocycles. The highest BCUT2D eigenvalue weighted by Gasteiger charge is 2.14. The first kappa shape index (κ1) is 13.1. The van der Waals surface area contributed by atoms with Crippen LogP contribution < -0.4 is 0 Å². The third kappa shape index (κ3) is 2.94. The van der Waals surface area contributed by atoms with Crippen LogP contribution in [0.5, 0.6) is 0 Å². The van der Waals surface area contributed by atoms with Crippen molar-refractivity contribution in [3.8, 4) is 0 Å². The molecular formula is C16H15NO2. The van der Waals surface area contributed by atoms with E-state index in [4.69, 9.17) is 0 Å². The molecule has 0 bridgehead atoms. The van der Waals surface area contributed by atoms with Gasteiger partial charge in [0.1, 0.15) is 0 Å². The number of hydrogen-bond acceptors (Lipinski definition) is 2. The summed E-state index contributed by atoms with van der Waals surface area (Å²) in [6.45, 7) is 5.46. The van der Waals surface area contributed by atoms with Crippen molar-refractivity contribution < 1.29 is 9.59 Å². The van der Waals surface area contributed by atoms with Gasteiger partial charge in [-0.25, -0.2) is 4.99 Å². The molecule has 3 heteroatoms. The molecule has 0 heterocycles. The summed E-state index contributed by atoms with van der Waals surface area (Å²) in [6.07, 6.45) is 3.17. The molecule has 0 saturated heterocycles. The topological polar surface area (TPSA) is 46.5 Å². The minimum Gasteiger partial charge on any atom is -0.290 e. The Labute approximate surface area is 112 Å². The molecule has 0 radical (unpaired) electrons. The van der Waals surface area contributed by atoms with E-state index in [0.29, 0.717) is 16.8 Å². The van der Waals surface area contributed by atoms with Crippen molar-refractivity contribution in [1.29, 1.82) is 0 Å². The zero-order chi connectivity index (χ0) is 14.0. The molecule has 0 aromatic heterocycles. The van der Waals surface area contributed by atoms with Crippen LogP contribution in [0.2, 0.25) is 0 Å². The van der Waals surface area contributed by atoms with E-state index in [-0.39, 0.29) is 11.7 Å². The summed E-state index contributed by atoms with van der Waals surface area (Å²) in [5.74, 6) is -0.319. The van der Waals surface area contributed by atoms with E-state index in [9.17, 15) is 9.59 Å². The van der Waals surface area contributed by atoms with Gasteiger partial charge in [0, 0.05) is 5.56 Å². The first-order chi connectivity index (χ1) is 8.97. The SMILES string of the molecule is CC1=CC(=NC(=O)c2ccc(C)cc2)C(C)=CC1=O. The number of hydrogen-bond donors (Lipinski definition) is 0. The standard InChI is InChI=1S/C16H15NO2/c1-10-4-6-13(7-5-10)16(19)17-14-8-12(3)15(18)9-11(14)2/h4-9H,1-3H3. The predicted octanol–water partition coefficient (Wildman–Crippen LogP) is 3.05. The number of benzene rings is 1. The van der Waals surface area contributed by atoms with Crippen LogP contribution in [-0.4, -0.2) is 17.4 Å². The molecule has 96 valence electrons. The average Bonchev–Trinajstić information content (AvgIpc) is 2.36. The van der Waals surface area contributed by atoms with Gasteiger partial charge in [-0.1, -0.05) is 17.7 Å². The molecule has 0 spiro atoms. The van der Waals surface area contributed by atoms with Crippen LogP contribution in [0.3, 0.4) is 0 Å². The van der Waals surface area contributed by atoms with Crippen LogP contribution in [0.4, 0.5) is 0 Å². The monoisotopic (exact) mass is 253 g/mol. The Balaban J connectivity index is 2.31. The van der Waals surface area contributed by atoms with Crippen molar-refractivity contribution in [3.63, 3.8) is 0 Å². The van der Waals surface area contributed by atoms with E-state index >= 15 is 0 Å². The van der Waals surface area contributed by atoms with Crippen molar-refractivity contribution in [2.24, 2.45) is 4.99 Å². The number of nitrogens with zero attached hydrogens (tertiary/aromatic N) is 1. The van der Waals surface area contributed by atoms with Gasteiger partial charge in [-0.2, -0.15) is 0 Å². The molecule has 1 amide bonds. The number of allylic oxidation sites excluding steroid dienone is 4. The summed E-state index contributed by atoms with van der Waals surface area (Å²) in [5, 5.41) is 0. The minimum absolute atomic E-state index is 0.0285. The fourth-order valence-corrected chi connectivity index (χ4v) is 1.77. The minimum atomic E-state index is -0.291. The van der Waals surface area contributed by atoms with Gasteiger partial charge in [0.05, 0.1) is 5.71 Å². The molecule has 0 N–H and O–H groups in total. The summed E-state index contributed by atoms with van der Waals surface area (Å²) in [4.78, 5) is 27.6. The van der Waals surface area contributed by atoms with Crippen molar-refractivity contribution in [1.82, 2.24) is 0 Å². The zero-order valence-corrected chi connectivity index (χ0v) is 11.2. The van der Waals surface area contributed by atoms with Crippen LogP contribution in [0.25, 0.3) is 0 Å². The Bertz CT molecular complexity index is 631. The molecule has 0 fully saturated rings. The number of carbonyl (C=O) groups excluding carboxylic acids is 2. The second kappa shape index (κ2) is 5.14. The van der Waals surface area contributed by atoms with E-state index in [1.54, 1.807) is 32.1 Å². The summed E-state index contributed by atoms with van der Waals surface area (Å²) in [7, 11) is 0. The first-order valence-electron chi connectivity index (χ1n) is 6.08. The van der Waals surface area contributed by atoms with Gasteiger partial charge in [-0.05, 0) is 56.2 Å². The van der Waals surface area contributed by atoms with Gasteiger partial charge in [0.25, 0.3) is 5.91 Å². The van der Waals surface area contributed by atoms with Crippen molar-refractivity contribution >= 4 is 17.4 Å². The maximum atomic E-state index is 12.0. The molecule has 2 rings (SSSR count). The number of aryl methyl sites for hydroxylation is 1. The molecule has 1 aliphatic carbocycles. The Morgan fingerprint density at radius 3 is 2.21 bits per heavy atom. The van der Waals surface area contributed by atoms with E-state index in [0.717, 1.165) is 11.1 Å². The molecule has 0 saturated carbocycles. The number of amides is 1. The first-order valence-corrected chi connectivity index (χ1v) is 6.08. The van der Waals surface area contributed by atoms with Gasteiger partial charge in [-0.15, -0.1) is 0 Å². The van der Waals surface area contributed by atoms with Crippen molar-refractivity contribution in [2.75, 3.05) is 0 Å². The number of aliphatic imine (C=N–C) groups is 1. The normalized spacial score (nSPS) is 17.2. The van der Waals surface area contributed by atoms with Crippen molar-refractivity contribution in [3.05, 3.63) is 58.7 Å². The highest BCUT2D eigenvalue weighted by Crippen LogP contribution is 2.13. The molecule has 0 unspecified atom stereocenters. The lowest BCUT2D eigenvalue weighted by molar-refractivity contribution is -0.111. The second-order valence-corrected chi connectivity index (χ2v) is 4.69. The molecular weight excluding hydrogens is 238 g/mol. The summed E-state index contributed by atoms with van der Waals surface area (Å²) >= 11 is 0. The second-order valence-electron chi connectivity index (χ2n) is 4.69. The van der Waals surface area contributed by atoms with E-state index < -0.39 is 0 Å². The van der Waals surface area contributed by atoms with Crippen molar-refractivity contribution in [2.45, 2.75) is 20.8 Å². The molecule has 1 aromatic rings. The van der Waals surface area contributed by atoms with Crippen LogP contribution in [-0.2, 0) is 4.79 Å². The van der Waals surface area contributed by atoms with Gasteiger partial charge >= 0.3 is 0 Å². The molecule has 0 aliphatic heterocycles. The van der Waals surface area contributed by atoms with Crippen LogP contribution in [0.1, 0.15) is 29.8 Å². The maximum Gasteiger partial charge on any atom is 0.277 e. The largest absolute Gasteiger partial charge is 0.290 e. The predicted molar refractivity (Wildman–Crippen MR) is 75.5 cm³/mol. The lowest BCUT2D eigenvalue weighted by atomic mass is 9.98. The van der Waals surface area contributed by atoms with Gasteiger partial charge in [0.2, 0.25) is 0 Å². The number of rotatable bonds is 1. The Morgan fingerprint density at radius 2 is 1.58 bits per heavy atom. The Kier molecular flexibility index (Phi) is 3.56. The third-order valence-electron chi connectivity index (χ3n) is 3.01. The lowest BCUT2D eigenvalue weighted by Crippen LogP contribution is -2.12. The quantitative estimate of drug-likeness (QED) is 0.722. The average molecular weight is 253 g/mol. The fourth-order valence-electron chi connectivity index (χ4n) is 1.77.